The molecule has 2 aliphatic rings. The van der Waals surface area contributed by atoms with Crippen LogP contribution < -0.4 is 10.5 Å². The fourth-order valence-electron chi connectivity index (χ4n) is 5.11. The first-order chi connectivity index (χ1) is 15.7. The third-order valence-electron chi connectivity index (χ3n) is 7.35. The highest BCUT2D eigenvalue weighted by molar-refractivity contribution is 5.99. The number of benzene rings is 1. The molecule has 0 saturated heterocycles. The number of ketones is 1. The molecule has 0 atom stereocenters. The summed E-state index contributed by atoms with van der Waals surface area (Å²) in [6, 6.07) is 11.4. The van der Waals surface area contributed by atoms with Crippen LogP contribution in [0.5, 0.6) is 0 Å². The molecule has 1 aliphatic carbocycles. The number of fused-ring (bicyclic) bond motifs is 2. The number of hydrogen-bond donors (Lipinski definition) is 0. The van der Waals surface area contributed by atoms with E-state index in [4.69, 9.17) is 4.98 Å². The number of aromatic nitrogens is 3. The van der Waals surface area contributed by atoms with Gasteiger partial charge in [-0.1, -0.05) is 39.8 Å². The number of Topliss-reactive ketones (excluding diaryl/α,β-unsaturated/α-hetero) is 1. The lowest BCUT2D eigenvalue weighted by molar-refractivity contribution is 0.0999. The zero-order valence-corrected chi connectivity index (χ0v) is 19.8. The summed E-state index contributed by atoms with van der Waals surface area (Å²) in [5, 5.41) is 0. The zero-order chi connectivity index (χ0) is 23.4. The van der Waals surface area contributed by atoms with Crippen LogP contribution in [0.2, 0.25) is 0 Å². The first-order valence-corrected chi connectivity index (χ1v) is 11.6. The number of rotatable bonds is 4. The summed E-state index contributed by atoms with van der Waals surface area (Å²) in [6.07, 6.45) is 5.61. The monoisotopic (exact) mass is 442 g/mol. The Hall–Kier alpha value is -3.28. The number of hydrogen-bond acceptors (Lipinski definition) is 5. The van der Waals surface area contributed by atoms with Gasteiger partial charge < -0.3 is 4.90 Å². The molecule has 0 unspecified atom stereocenters. The Balaban J connectivity index is 1.45. The number of carbonyl (C=O) groups excluding carboxylic acids is 1. The minimum Gasteiger partial charge on any atom is -0.333 e. The lowest BCUT2D eigenvalue weighted by Crippen LogP contribution is -2.34. The van der Waals surface area contributed by atoms with Crippen molar-refractivity contribution in [3.8, 4) is 11.3 Å². The second-order valence-electron chi connectivity index (χ2n) is 10.5. The molecule has 6 nitrogen and oxygen atoms in total. The van der Waals surface area contributed by atoms with E-state index in [1.54, 1.807) is 23.0 Å². The summed E-state index contributed by atoms with van der Waals surface area (Å²) in [4.78, 5) is 36.7. The summed E-state index contributed by atoms with van der Waals surface area (Å²) in [7, 11) is 0. The molecule has 0 spiro atoms. The van der Waals surface area contributed by atoms with Crippen LogP contribution in [-0.2, 0) is 17.4 Å². The maximum atomic E-state index is 13.3. The van der Waals surface area contributed by atoms with Gasteiger partial charge in [-0.2, -0.15) is 0 Å². The van der Waals surface area contributed by atoms with E-state index in [2.05, 4.69) is 44.8 Å². The van der Waals surface area contributed by atoms with E-state index in [-0.39, 0.29) is 28.7 Å². The maximum absolute atomic E-state index is 13.3. The molecule has 1 aliphatic heterocycles. The minimum atomic E-state index is -0.0977. The normalized spacial score (nSPS) is 18.0. The summed E-state index contributed by atoms with van der Waals surface area (Å²) >= 11 is 0. The van der Waals surface area contributed by atoms with Crippen LogP contribution >= 0.6 is 0 Å². The predicted octanol–water partition coefficient (Wildman–Crippen LogP) is 4.36. The second kappa shape index (κ2) is 7.65. The van der Waals surface area contributed by atoms with Crippen LogP contribution in [0.3, 0.4) is 0 Å². The van der Waals surface area contributed by atoms with Gasteiger partial charge in [0.1, 0.15) is 0 Å². The minimum absolute atomic E-state index is 0.0500. The van der Waals surface area contributed by atoms with Gasteiger partial charge in [-0.05, 0) is 53.0 Å². The fourth-order valence-corrected chi connectivity index (χ4v) is 5.11. The van der Waals surface area contributed by atoms with Gasteiger partial charge in [0.2, 0.25) is 5.95 Å². The van der Waals surface area contributed by atoms with Gasteiger partial charge >= 0.3 is 0 Å². The van der Waals surface area contributed by atoms with E-state index in [1.807, 2.05) is 23.1 Å². The summed E-state index contributed by atoms with van der Waals surface area (Å²) in [5.41, 5.74) is 4.86. The van der Waals surface area contributed by atoms with Gasteiger partial charge in [-0.25, -0.2) is 4.98 Å². The van der Waals surface area contributed by atoms with Crippen LogP contribution in [0.15, 0.2) is 53.6 Å². The number of nitrogens with zero attached hydrogens (tertiary/aromatic N) is 4. The van der Waals surface area contributed by atoms with Crippen LogP contribution in [0.1, 0.15) is 62.0 Å². The predicted molar refractivity (Wildman–Crippen MR) is 130 cm³/mol. The molecule has 33 heavy (non-hydrogen) atoms. The first-order valence-electron chi connectivity index (χ1n) is 11.6. The highest BCUT2D eigenvalue weighted by Gasteiger charge is 2.37. The molecule has 0 amide bonds. The van der Waals surface area contributed by atoms with Gasteiger partial charge in [0.15, 0.2) is 5.78 Å². The molecule has 3 aromatic rings. The van der Waals surface area contributed by atoms with Crippen LogP contribution in [0.4, 0.5) is 5.95 Å². The molecule has 170 valence electrons. The topological polar surface area (TPSA) is 68.1 Å². The molecule has 0 radical (unpaired) electrons. The summed E-state index contributed by atoms with van der Waals surface area (Å²) in [6.45, 7) is 10.4. The summed E-state index contributed by atoms with van der Waals surface area (Å²) in [5.74, 6) is 0.607. The molecule has 0 bridgehead atoms. The Bertz CT molecular complexity index is 1290. The van der Waals surface area contributed by atoms with Gasteiger partial charge in [0, 0.05) is 42.7 Å². The second-order valence-corrected chi connectivity index (χ2v) is 10.5. The standard InChI is InChI=1S/C27H30N4O2/c1-26(2)9-10-27(3,4)21-15-19(5-6-20(21)26)23(32)17-30-13-14-31-24(33)16-22(29-25(30)31)18-7-11-28-12-8-18/h5-8,11-12,15-16H,9-10,13-14,17H2,1-4H3. The molecule has 0 N–H and O–H groups in total. The largest absolute Gasteiger partial charge is 0.333 e. The molecular weight excluding hydrogens is 412 g/mol. The van der Waals surface area contributed by atoms with Crippen molar-refractivity contribution in [3.05, 3.63) is 75.8 Å². The van der Waals surface area contributed by atoms with Crippen molar-refractivity contribution in [3.63, 3.8) is 0 Å². The van der Waals surface area contributed by atoms with Crippen molar-refractivity contribution in [2.24, 2.45) is 0 Å². The van der Waals surface area contributed by atoms with Crippen LogP contribution in [-0.4, -0.2) is 33.4 Å². The van der Waals surface area contributed by atoms with Crippen molar-refractivity contribution in [2.75, 3.05) is 18.0 Å². The van der Waals surface area contributed by atoms with E-state index < -0.39 is 0 Å². The number of pyridine rings is 1. The van der Waals surface area contributed by atoms with Crippen LogP contribution in [0, 0.1) is 0 Å². The smallest absolute Gasteiger partial charge is 0.255 e. The molecule has 0 fully saturated rings. The number of anilines is 1. The molecule has 2 aromatic heterocycles. The van der Waals surface area contributed by atoms with Crippen LogP contribution in [0.25, 0.3) is 11.3 Å². The lowest BCUT2D eigenvalue weighted by atomic mass is 9.63. The zero-order valence-electron chi connectivity index (χ0n) is 19.8. The van der Waals surface area contributed by atoms with Crippen molar-refractivity contribution >= 4 is 11.7 Å². The maximum Gasteiger partial charge on any atom is 0.255 e. The van der Waals surface area contributed by atoms with E-state index >= 15 is 0 Å². The Morgan fingerprint density at radius 1 is 0.939 bits per heavy atom. The van der Waals surface area contributed by atoms with E-state index in [1.165, 1.54) is 11.1 Å². The van der Waals surface area contributed by atoms with Crippen molar-refractivity contribution in [2.45, 2.75) is 57.9 Å². The molecule has 3 heterocycles. The molecule has 6 heteroatoms. The Morgan fingerprint density at radius 2 is 1.64 bits per heavy atom. The van der Waals surface area contributed by atoms with Gasteiger partial charge in [-0.15, -0.1) is 0 Å². The number of carbonyl (C=O) groups is 1. The SMILES string of the molecule is CC1(C)CCC(C)(C)c2cc(C(=O)CN3CCn4c3nc(-c3ccncc3)cc4=O)ccc21. The molecule has 1 aromatic carbocycles. The van der Waals surface area contributed by atoms with E-state index in [9.17, 15) is 9.59 Å². The first kappa shape index (κ1) is 21.6. The summed E-state index contributed by atoms with van der Waals surface area (Å²) < 4.78 is 1.65. The highest BCUT2D eigenvalue weighted by Crippen LogP contribution is 2.45. The van der Waals surface area contributed by atoms with E-state index in [0.717, 1.165) is 24.0 Å². The Morgan fingerprint density at radius 3 is 2.36 bits per heavy atom. The average Bonchev–Trinajstić information content (AvgIpc) is 3.20. The lowest BCUT2D eigenvalue weighted by Gasteiger charge is -2.42. The van der Waals surface area contributed by atoms with Gasteiger partial charge in [-0.3, -0.25) is 19.1 Å². The Labute approximate surface area is 194 Å². The quantitative estimate of drug-likeness (QED) is 0.562. The van der Waals surface area contributed by atoms with Crippen molar-refractivity contribution < 1.29 is 4.79 Å². The molecular formula is C27H30N4O2. The van der Waals surface area contributed by atoms with Gasteiger partial charge in [0.05, 0.1) is 12.2 Å². The fraction of sp³-hybridized carbons (Fsp3) is 0.407. The van der Waals surface area contributed by atoms with E-state index in [0.29, 0.717) is 24.7 Å². The Kier molecular flexibility index (Phi) is 5.00. The third-order valence-corrected chi connectivity index (χ3v) is 7.35. The third kappa shape index (κ3) is 3.77. The highest BCUT2D eigenvalue weighted by atomic mass is 16.1. The molecule has 0 saturated carbocycles. The van der Waals surface area contributed by atoms with Crippen molar-refractivity contribution in [1.29, 1.82) is 0 Å². The average molecular weight is 443 g/mol. The molecule has 5 rings (SSSR count). The van der Waals surface area contributed by atoms with Crippen molar-refractivity contribution in [1.82, 2.24) is 14.5 Å². The van der Waals surface area contributed by atoms with Gasteiger partial charge in [0.25, 0.3) is 5.56 Å².